The van der Waals surface area contributed by atoms with E-state index in [2.05, 4.69) is 0 Å². The van der Waals surface area contributed by atoms with Crippen molar-refractivity contribution in [3.63, 3.8) is 0 Å². The summed E-state index contributed by atoms with van der Waals surface area (Å²) in [6, 6.07) is 15.4. The second kappa shape index (κ2) is 8.28. The van der Waals surface area contributed by atoms with Crippen molar-refractivity contribution in [2.75, 3.05) is 7.11 Å². The van der Waals surface area contributed by atoms with Crippen LogP contribution in [0.15, 0.2) is 70.8 Å². The Kier molecular flexibility index (Phi) is 5.61. The Balaban J connectivity index is 2.12. The van der Waals surface area contributed by atoms with Crippen LogP contribution in [-0.4, -0.2) is 23.3 Å². The molecule has 1 aliphatic carbocycles. The topological polar surface area (TPSA) is 90.6 Å². The van der Waals surface area contributed by atoms with E-state index in [-0.39, 0.29) is 17.1 Å². The van der Waals surface area contributed by atoms with Crippen LogP contribution in [0.25, 0.3) is 12.2 Å². The fraction of sp³-hybridized carbons (Fsp3) is 0.130. The van der Waals surface area contributed by atoms with Crippen molar-refractivity contribution in [1.29, 1.82) is 5.26 Å². The Morgan fingerprint density at radius 3 is 1.71 bits per heavy atom. The first-order chi connectivity index (χ1) is 13.5. The molecule has 0 bridgehead atoms. The fourth-order valence-electron chi connectivity index (χ4n) is 3.18. The van der Waals surface area contributed by atoms with Gasteiger partial charge < -0.3 is 14.9 Å². The van der Waals surface area contributed by atoms with Gasteiger partial charge in [0.25, 0.3) is 0 Å². The summed E-state index contributed by atoms with van der Waals surface area (Å²) in [6.45, 7) is 0. The fourth-order valence-corrected chi connectivity index (χ4v) is 3.18. The molecule has 0 aromatic heterocycles. The SMILES string of the molecule is COC(=O)C(C#N)=C1/C(=C/c2ccc(O)cc2)CC/C1=C\c1ccc(O)cc1. The van der Waals surface area contributed by atoms with Gasteiger partial charge in [-0.05, 0) is 59.4 Å². The van der Waals surface area contributed by atoms with Crippen LogP contribution in [0.5, 0.6) is 11.5 Å². The molecule has 0 unspecified atom stereocenters. The number of benzene rings is 2. The Morgan fingerprint density at radius 1 is 0.929 bits per heavy atom. The normalized spacial score (nSPS) is 16.2. The third-order valence-electron chi connectivity index (χ3n) is 4.53. The highest BCUT2D eigenvalue weighted by Gasteiger charge is 2.27. The minimum absolute atomic E-state index is 0.0324. The van der Waals surface area contributed by atoms with E-state index in [1.54, 1.807) is 48.5 Å². The van der Waals surface area contributed by atoms with E-state index >= 15 is 0 Å². The van der Waals surface area contributed by atoms with Crippen molar-refractivity contribution < 1.29 is 19.7 Å². The first kappa shape index (κ1) is 19.0. The number of methoxy groups -OCH3 is 1. The first-order valence-corrected chi connectivity index (χ1v) is 8.74. The van der Waals surface area contributed by atoms with E-state index in [0.717, 1.165) is 22.3 Å². The number of carbonyl (C=O) groups is 1. The molecule has 0 atom stereocenters. The number of nitriles is 1. The third-order valence-corrected chi connectivity index (χ3v) is 4.53. The van der Waals surface area contributed by atoms with Crippen LogP contribution >= 0.6 is 0 Å². The van der Waals surface area contributed by atoms with Gasteiger partial charge in [-0.2, -0.15) is 5.26 Å². The molecule has 0 radical (unpaired) electrons. The third kappa shape index (κ3) is 4.13. The van der Waals surface area contributed by atoms with Crippen LogP contribution in [0, 0.1) is 11.3 Å². The number of allylic oxidation sites excluding steroid dienone is 3. The smallest absolute Gasteiger partial charge is 0.349 e. The molecule has 140 valence electrons. The molecule has 0 aliphatic heterocycles. The number of carbonyl (C=O) groups excluding carboxylic acids is 1. The minimum atomic E-state index is -0.674. The van der Waals surface area contributed by atoms with Gasteiger partial charge in [0, 0.05) is 5.57 Å². The highest BCUT2D eigenvalue weighted by molar-refractivity contribution is 5.97. The van der Waals surface area contributed by atoms with Gasteiger partial charge in [-0.25, -0.2) is 4.79 Å². The minimum Gasteiger partial charge on any atom is -0.508 e. The van der Waals surface area contributed by atoms with Gasteiger partial charge in [0.05, 0.1) is 7.11 Å². The lowest BCUT2D eigenvalue weighted by Gasteiger charge is -2.08. The van der Waals surface area contributed by atoms with Crippen molar-refractivity contribution in [2.45, 2.75) is 12.8 Å². The van der Waals surface area contributed by atoms with Crippen LogP contribution < -0.4 is 0 Å². The van der Waals surface area contributed by atoms with Gasteiger partial charge in [0.2, 0.25) is 0 Å². The maximum absolute atomic E-state index is 12.2. The summed E-state index contributed by atoms with van der Waals surface area (Å²) in [4.78, 5) is 12.2. The highest BCUT2D eigenvalue weighted by Crippen LogP contribution is 2.40. The summed E-state index contributed by atoms with van der Waals surface area (Å²) >= 11 is 0. The molecular weight excluding hydrogens is 354 g/mol. The van der Waals surface area contributed by atoms with E-state index < -0.39 is 5.97 Å². The standard InChI is InChI=1S/C23H19NO4/c1-28-23(27)21(14-24)22-17(12-15-2-8-19(25)9-3-15)6-7-18(22)13-16-4-10-20(26)11-5-16/h2-5,8-13,25-26H,6-7H2,1H3/b17-12+,18-13+. The molecule has 2 N–H and O–H groups in total. The van der Waals surface area contributed by atoms with Gasteiger partial charge in [-0.1, -0.05) is 36.4 Å². The summed E-state index contributed by atoms with van der Waals surface area (Å²) in [5.41, 5.74) is 3.98. The molecule has 1 aliphatic rings. The molecule has 5 heteroatoms. The van der Waals surface area contributed by atoms with Crippen LogP contribution in [0.2, 0.25) is 0 Å². The number of ether oxygens (including phenoxy) is 1. The zero-order valence-corrected chi connectivity index (χ0v) is 15.3. The van der Waals surface area contributed by atoms with E-state index in [1.165, 1.54) is 7.11 Å². The Hall–Kier alpha value is -3.78. The first-order valence-electron chi connectivity index (χ1n) is 8.74. The van der Waals surface area contributed by atoms with E-state index in [0.29, 0.717) is 18.4 Å². The molecule has 5 nitrogen and oxygen atoms in total. The molecule has 1 fully saturated rings. The summed E-state index contributed by atoms with van der Waals surface area (Å²) in [5.74, 6) is -0.332. The number of hydrogen-bond donors (Lipinski definition) is 2. The summed E-state index contributed by atoms with van der Waals surface area (Å²) < 4.78 is 4.80. The summed E-state index contributed by atoms with van der Waals surface area (Å²) in [7, 11) is 1.25. The average Bonchev–Trinajstić information content (AvgIpc) is 3.08. The Morgan fingerprint density at radius 2 is 1.36 bits per heavy atom. The number of rotatable bonds is 3. The Labute approximate surface area is 163 Å². The zero-order chi connectivity index (χ0) is 20.1. The van der Waals surface area contributed by atoms with E-state index in [9.17, 15) is 20.3 Å². The lowest BCUT2D eigenvalue weighted by Crippen LogP contribution is -2.07. The van der Waals surface area contributed by atoms with Gasteiger partial charge >= 0.3 is 5.97 Å². The second-order valence-electron chi connectivity index (χ2n) is 6.38. The molecule has 1 saturated carbocycles. The van der Waals surface area contributed by atoms with Crippen LogP contribution in [-0.2, 0) is 9.53 Å². The molecule has 0 heterocycles. The van der Waals surface area contributed by atoms with Crippen LogP contribution in [0.1, 0.15) is 24.0 Å². The second-order valence-corrected chi connectivity index (χ2v) is 6.38. The number of phenols is 2. The number of phenolic OH excluding ortho intramolecular Hbond substituents is 2. The van der Waals surface area contributed by atoms with Gasteiger partial charge in [0.15, 0.2) is 0 Å². The molecule has 0 saturated heterocycles. The van der Waals surface area contributed by atoms with Crippen LogP contribution in [0.4, 0.5) is 0 Å². The predicted octanol–water partition coefficient (Wildman–Crippen LogP) is 4.35. The molecule has 0 spiro atoms. The van der Waals surface area contributed by atoms with Gasteiger partial charge in [-0.15, -0.1) is 0 Å². The van der Waals surface area contributed by atoms with E-state index in [4.69, 9.17) is 4.74 Å². The predicted molar refractivity (Wildman–Crippen MR) is 106 cm³/mol. The quantitative estimate of drug-likeness (QED) is 0.474. The molecule has 2 aromatic carbocycles. The van der Waals surface area contributed by atoms with E-state index in [1.807, 2.05) is 18.2 Å². The molecule has 2 aromatic rings. The molecular formula is C23H19NO4. The van der Waals surface area contributed by atoms with Crippen molar-refractivity contribution in [3.8, 4) is 17.6 Å². The molecule has 3 rings (SSSR count). The summed E-state index contributed by atoms with van der Waals surface area (Å²) in [5, 5.41) is 28.5. The number of hydrogen-bond acceptors (Lipinski definition) is 5. The number of esters is 1. The maximum atomic E-state index is 12.2. The monoisotopic (exact) mass is 373 g/mol. The summed E-state index contributed by atoms with van der Waals surface area (Å²) in [6.07, 6.45) is 5.16. The Bertz CT molecular complexity index is 954. The highest BCUT2D eigenvalue weighted by atomic mass is 16.5. The number of nitrogens with zero attached hydrogens (tertiary/aromatic N) is 1. The largest absolute Gasteiger partial charge is 0.508 e. The average molecular weight is 373 g/mol. The number of aromatic hydroxyl groups is 2. The van der Waals surface area contributed by atoms with Crippen molar-refractivity contribution in [2.24, 2.45) is 0 Å². The lowest BCUT2D eigenvalue weighted by molar-refractivity contribution is -0.135. The van der Waals surface area contributed by atoms with Crippen molar-refractivity contribution in [3.05, 3.63) is 82.0 Å². The lowest BCUT2D eigenvalue weighted by atomic mass is 9.97. The maximum Gasteiger partial charge on any atom is 0.349 e. The van der Waals surface area contributed by atoms with Gasteiger partial charge in [0.1, 0.15) is 23.1 Å². The van der Waals surface area contributed by atoms with Crippen LogP contribution in [0.3, 0.4) is 0 Å². The van der Waals surface area contributed by atoms with Crippen molar-refractivity contribution >= 4 is 18.1 Å². The molecule has 0 amide bonds. The zero-order valence-electron chi connectivity index (χ0n) is 15.3. The van der Waals surface area contributed by atoms with Crippen molar-refractivity contribution in [1.82, 2.24) is 0 Å². The molecule has 28 heavy (non-hydrogen) atoms. The van der Waals surface area contributed by atoms with Gasteiger partial charge in [-0.3, -0.25) is 0 Å².